The zero-order valence-corrected chi connectivity index (χ0v) is 15.6. The first kappa shape index (κ1) is 14.9. The van der Waals surface area contributed by atoms with Crippen molar-refractivity contribution in [1.29, 1.82) is 0 Å². The molecule has 6 heteroatoms. The van der Waals surface area contributed by atoms with Gasteiger partial charge in [0, 0.05) is 0 Å². The Kier molecular flexibility index (Phi) is 4.27. The molecule has 0 aliphatic rings. The van der Waals surface area contributed by atoms with Gasteiger partial charge in [-0.2, -0.15) is 0 Å². The molecule has 1 aromatic carbocycles. The van der Waals surface area contributed by atoms with Crippen LogP contribution in [0.1, 0.15) is 0 Å². The predicted molar refractivity (Wildman–Crippen MR) is 81.6 cm³/mol. The standard InChI is InChI=1S/C10H7O3S2.3CH3.Sn/c11-15(12,10-7-4-8-14-10)13-9-5-2-1-3-6-9;;;;/h1-7H;3*1H3;. The van der Waals surface area contributed by atoms with E-state index in [1.165, 1.54) is 14.2 Å². The van der Waals surface area contributed by atoms with Crippen LogP contribution in [0, 0.1) is 0 Å². The molecule has 0 saturated carbocycles. The van der Waals surface area contributed by atoms with E-state index in [0.717, 1.165) is 0 Å². The van der Waals surface area contributed by atoms with Crippen molar-refractivity contribution in [3.05, 3.63) is 42.5 Å². The summed E-state index contributed by atoms with van der Waals surface area (Å²) in [6, 6.07) is 12.2. The van der Waals surface area contributed by atoms with E-state index in [4.69, 9.17) is 4.18 Å². The van der Waals surface area contributed by atoms with Gasteiger partial charge in [0.05, 0.1) is 0 Å². The van der Waals surface area contributed by atoms with E-state index < -0.39 is 28.5 Å². The van der Waals surface area contributed by atoms with Gasteiger partial charge in [0.15, 0.2) is 0 Å². The second-order valence-electron chi connectivity index (χ2n) is 5.22. The van der Waals surface area contributed by atoms with Crippen LogP contribution in [0.3, 0.4) is 0 Å². The van der Waals surface area contributed by atoms with Crippen LogP contribution in [0.15, 0.2) is 46.7 Å². The van der Waals surface area contributed by atoms with Gasteiger partial charge in [-0.05, 0) is 0 Å². The molecule has 0 bridgehead atoms. The van der Waals surface area contributed by atoms with E-state index in [-0.39, 0.29) is 4.21 Å². The maximum atomic E-state index is 12.2. The van der Waals surface area contributed by atoms with E-state index in [0.29, 0.717) is 5.75 Å². The number of hydrogen-bond acceptors (Lipinski definition) is 4. The van der Waals surface area contributed by atoms with Gasteiger partial charge in [0.2, 0.25) is 0 Å². The molecule has 0 fully saturated rings. The summed E-state index contributed by atoms with van der Waals surface area (Å²) in [5.74, 6) is 0.344. The average molecular weight is 403 g/mol. The molecule has 2 rings (SSSR count). The van der Waals surface area contributed by atoms with Crippen molar-refractivity contribution >= 4 is 42.7 Å². The van der Waals surface area contributed by atoms with Crippen molar-refractivity contribution in [2.45, 2.75) is 19.0 Å². The third-order valence-electron chi connectivity index (χ3n) is 2.52. The summed E-state index contributed by atoms with van der Waals surface area (Å²) in [6.07, 6.45) is 0. The van der Waals surface area contributed by atoms with Crippen LogP contribution < -0.4 is 7.08 Å². The molecule has 19 heavy (non-hydrogen) atoms. The molecule has 1 aromatic heterocycles. The fraction of sp³-hybridized carbons (Fsp3) is 0.231. The normalized spacial score (nSPS) is 12.4. The van der Waals surface area contributed by atoms with E-state index in [1.54, 1.807) is 30.3 Å². The number of benzene rings is 1. The first-order chi connectivity index (χ1) is 8.79. The minimum atomic E-state index is -3.70. The molecule has 0 radical (unpaired) electrons. The van der Waals surface area contributed by atoms with Gasteiger partial charge in [-0.1, -0.05) is 0 Å². The SMILES string of the molecule is [CH3][Sn]([CH3])([CH3])[c]1ccc(S(=O)(=O)Oc2ccccc2)s1. The first-order valence-corrected chi connectivity index (χ1v) is 18.1. The Morgan fingerprint density at radius 1 is 1.00 bits per heavy atom. The summed E-state index contributed by atoms with van der Waals surface area (Å²) in [7, 11) is -3.70. The van der Waals surface area contributed by atoms with Crippen molar-refractivity contribution in [2.75, 3.05) is 0 Å². The van der Waals surface area contributed by atoms with Crippen molar-refractivity contribution in [3.63, 3.8) is 0 Å². The summed E-state index contributed by atoms with van der Waals surface area (Å²) >= 11 is -0.866. The van der Waals surface area contributed by atoms with Crippen LogP contribution in [-0.2, 0) is 10.1 Å². The zero-order chi connectivity index (χ0) is 14.1. The van der Waals surface area contributed by atoms with Crippen LogP contribution >= 0.6 is 11.3 Å². The fourth-order valence-corrected chi connectivity index (χ4v) is 9.62. The molecular weight excluding hydrogens is 387 g/mol. The Labute approximate surface area is 122 Å². The molecule has 0 aliphatic heterocycles. The molecule has 0 aliphatic carbocycles. The van der Waals surface area contributed by atoms with E-state index >= 15 is 0 Å². The topological polar surface area (TPSA) is 43.4 Å². The Balaban J connectivity index is 2.28. The number of rotatable bonds is 4. The Hall–Kier alpha value is -0.531. The zero-order valence-electron chi connectivity index (χ0n) is 11.1. The first-order valence-electron chi connectivity index (χ1n) is 5.89. The van der Waals surface area contributed by atoms with E-state index in [9.17, 15) is 8.42 Å². The van der Waals surface area contributed by atoms with Crippen LogP contribution in [-0.4, -0.2) is 26.8 Å². The molecular formula is C13H16O3S2Sn. The van der Waals surface area contributed by atoms with Gasteiger partial charge in [-0.15, -0.1) is 0 Å². The van der Waals surface area contributed by atoms with Crippen LogP contribution in [0.25, 0.3) is 0 Å². The van der Waals surface area contributed by atoms with Crippen LogP contribution in [0.5, 0.6) is 5.75 Å². The van der Waals surface area contributed by atoms with Gasteiger partial charge in [0.25, 0.3) is 0 Å². The minimum absolute atomic E-state index is 0.290. The van der Waals surface area contributed by atoms with Crippen molar-refractivity contribution in [2.24, 2.45) is 0 Å². The van der Waals surface area contributed by atoms with Crippen LogP contribution in [0.2, 0.25) is 14.8 Å². The average Bonchev–Trinajstić information content (AvgIpc) is 2.79. The summed E-state index contributed by atoms with van der Waals surface area (Å²) in [4.78, 5) is 6.78. The molecule has 0 saturated heterocycles. The molecule has 1 heterocycles. The Morgan fingerprint density at radius 2 is 1.63 bits per heavy atom. The molecule has 0 atom stereocenters. The van der Waals surface area contributed by atoms with Crippen LogP contribution in [0.4, 0.5) is 0 Å². The van der Waals surface area contributed by atoms with Gasteiger partial charge in [-0.3, -0.25) is 0 Å². The second-order valence-corrected chi connectivity index (χ2v) is 23.5. The number of para-hydroxylation sites is 1. The number of hydrogen-bond donors (Lipinski definition) is 0. The summed E-state index contributed by atoms with van der Waals surface area (Å²) < 4.78 is 30.9. The molecule has 0 amide bonds. The molecule has 0 N–H and O–H groups in total. The molecule has 0 unspecified atom stereocenters. The fourth-order valence-electron chi connectivity index (χ4n) is 1.50. The van der Waals surface area contributed by atoms with Gasteiger partial charge >= 0.3 is 123 Å². The van der Waals surface area contributed by atoms with Crippen molar-refractivity contribution in [1.82, 2.24) is 0 Å². The predicted octanol–water partition coefficient (Wildman–Crippen LogP) is 3.06. The summed E-state index contributed by atoms with van der Waals surface area (Å²) in [5, 5.41) is 0. The molecule has 102 valence electrons. The van der Waals surface area contributed by atoms with Crippen molar-refractivity contribution in [3.8, 4) is 5.75 Å². The third kappa shape index (κ3) is 3.73. The summed E-state index contributed by atoms with van der Waals surface area (Å²) in [5.41, 5.74) is 0. The van der Waals surface area contributed by atoms with Crippen molar-refractivity contribution < 1.29 is 12.6 Å². The monoisotopic (exact) mass is 404 g/mol. The molecule has 3 nitrogen and oxygen atoms in total. The molecule has 0 spiro atoms. The third-order valence-corrected chi connectivity index (χ3v) is 14.8. The number of thiophene rings is 1. The van der Waals surface area contributed by atoms with E-state index in [1.807, 2.05) is 12.1 Å². The van der Waals surface area contributed by atoms with Gasteiger partial charge < -0.3 is 0 Å². The molecule has 2 aromatic rings. The Bertz CT molecular complexity index is 655. The van der Waals surface area contributed by atoms with Gasteiger partial charge in [-0.25, -0.2) is 0 Å². The van der Waals surface area contributed by atoms with Gasteiger partial charge in [0.1, 0.15) is 0 Å². The Morgan fingerprint density at radius 3 is 2.16 bits per heavy atom. The maximum absolute atomic E-state index is 12.2. The quantitative estimate of drug-likeness (QED) is 0.583. The van der Waals surface area contributed by atoms with E-state index in [2.05, 4.69) is 14.8 Å². The second kappa shape index (κ2) is 5.46. The summed E-state index contributed by atoms with van der Waals surface area (Å²) in [6.45, 7) is 0.